The van der Waals surface area contributed by atoms with Crippen molar-refractivity contribution in [3.8, 4) is 23.0 Å². The number of carbonyl (C=O) groups excluding carboxylic acids is 2. The quantitative estimate of drug-likeness (QED) is 0.160. The molecule has 228 valence electrons. The maximum absolute atomic E-state index is 13.6. The number of methoxy groups -OCH3 is 3. The molecule has 0 aromatic heterocycles. The first-order valence-electron chi connectivity index (χ1n) is 14.5. The van der Waals surface area contributed by atoms with Crippen molar-refractivity contribution in [1.29, 1.82) is 0 Å². The first-order chi connectivity index (χ1) is 20.3. The Hall–Kier alpha value is -3.76. The van der Waals surface area contributed by atoms with Gasteiger partial charge >= 0.3 is 0 Å². The lowest BCUT2D eigenvalue weighted by atomic mass is 9.93. The Morgan fingerprint density at radius 2 is 1.67 bits per heavy atom. The molecule has 1 atom stereocenters. The Balaban J connectivity index is 1.76. The highest BCUT2D eigenvalue weighted by molar-refractivity contribution is 6.46. The first kappa shape index (κ1) is 31.2. The summed E-state index contributed by atoms with van der Waals surface area (Å²) in [6, 6.07) is 7.91. The highest BCUT2D eigenvalue weighted by atomic mass is 16.5. The highest BCUT2D eigenvalue weighted by Crippen LogP contribution is 2.46. The van der Waals surface area contributed by atoms with Gasteiger partial charge in [-0.3, -0.25) is 14.5 Å². The summed E-state index contributed by atoms with van der Waals surface area (Å²) in [5, 5.41) is 11.7. The zero-order valence-electron chi connectivity index (χ0n) is 25.2. The van der Waals surface area contributed by atoms with Crippen LogP contribution in [0.25, 0.3) is 5.76 Å². The van der Waals surface area contributed by atoms with E-state index >= 15 is 0 Å². The minimum atomic E-state index is -0.858. The van der Waals surface area contributed by atoms with E-state index in [0.717, 1.165) is 38.0 Å². The summed E-state index contributed by atoms with van der Waals surface area (Å²) in [4.78, 5) is 31.0. The monoisotopic (exact) mass is 582 g/mol. The molecule has 0 saturated carbocycles. The molecule has 1 amide bonds. The number of ether oxygens (including phenoxy) is 5. The molecule has 4 rings (SSSR count). The molecule has 0 spiro atoms. The smallest absolute Gasteiger partial charge is 0.295 e. The minimum absolute atomic E-state index is 0.0170. The fourth-order valence-corrected chi connectivity index (χ4v) is 5.48. The number of carbonyl (C=O) groups is 2. The molecule has 2 fully saturated rings. The van der Waals surface area contributed by atoms with Gasteiger partial charge in [0.05, 0.1) is 52.8 Å². The largest absolute Gasteiger partial charge is 0.507 e. The molecule has 2 saturated heterocycles. The van der Waals surface area contributed by atoms with E-state index in [9.17, 15) is 14.7 Å². The van der Waals surface area contributed by atoms with Crippen molar-refractivity contribution >= 4 is 17.4 Å². The van der Waals surface area contributed by atoms with E-state index in [2.05, 4.69) is 11.8 Å². The van der Waals surface area contributed by atoms with Crippen LogP contribution in [-0.4, -0.2) is 93.9 Å². The van der Waals surface area contributed by atoms with Gasteiger partial charge in [0.1, 0.15) is 11.5 Å². The Kier molecular flexibility index (Phi) is 10.7. The number of ketones is 1. The second kappa shape index (κ2) is 14.4. The molecule has 2 aromatic rings. The molecule has 0 radical (unpaired) electrons. The number of aliphatic hydroxyl groups excluding tert-OH is 1. The van der Waals surface area contributed by atoms with Gasteiger partial charge in [-0.15, -0.1) is 0 Å². The molecule has 42 heavy (non-hydrogen) atoms. The number of morpholine rings is 1. The van der Waals surface area contributed by atoms with Crippen molar-refractivity contribution in [2.24, 2.45) is 0 Å². The molecule has 0 aliphatic carbocycles. The summed E-state index contributed by atoms with van der Waals surface area (Å²) in [7, 11) is 4.53. The zero-order chi connectivity index (χ0) is 30.2. The van der Waals surface area contributed by atoms with Gasteiger partial charge in [0, 0.05) is 31.7 Å². The fourth-order valence-electron chi connectivity index (χ4n) is 5.48. The topological polar surface area (TPSA) is 107 Å². The van der Waals surface area contributed by atoms with E-state index in [0.29, 0.717) is 66.9 Å². The Bertz CT molecular complexity index is 1280. The molecule has 2 aliphatic rings. The van der Waals surface area contributed by atoms with Gasteiger partial charge in [0.25, 0.3) is 11.7 Å². The first-order valence-corrected chi connectivity index (χ1v) is 14.5. The third-order valence-electron chi connectivity index (χ3n) is 7.74. The van der Waals surface area contributed by atoms with Crippen LogP contribution in [-0.2, 0) is 14.3 Å². The number of aryl methyl sites for hydroxylation is 1. The van der Waals surface area contributed by atoms with E-state index in [1.807, 2.05) is 13.0 Å². The highest BCUT2D eigenvalue weighted by Gasteiger charge is 2.46. The summed E-state index contributed by atoms with van der Waals surface area (Å²) in [5.41, 5.74) is 1.77. The molecule has 1 N–H and O–H groups in total. The van der Waals surface area contributed by atoms with Crippen molar-refractivity contribution in [3.05, 3.63) is 52.6 Å². The maximum atomic E-state index is 13.6. The van der Waals surface area contributed by atoms with Gasteiger partial charge in [-0.25, -0.2) is 0 Å². The SMILES string of the molecule is CCCCOc1ccc(C(O)=C2C(=O)C(=O)N(CCCN3CCOCC3)[C@H]2c2cc(OC)c(OC)c(OC)c2)c(C)c1. The van der Waals surface area contributed by atoms with E-state index in [1.165, 1.54) is 26.2 Å². The average Bonchev–Trinajstić information content (AvgIpc) is 3.25. The second-order valence-corrected chi connectivity index (χ2v) is 10.4. The number of rotatable bonds is 13. The summed E-state index contributed by atoms with van der Waals surface area (Å²) in [6.45, 7) is 8.62. The van der Waals surface area contributed by atoms with Crippen LogP contribution in [0, 0.1) is 6.92 Å². The van der Waals surface area contributed by atoms with Gasteiger partial charge in [-0.1, -0.05) is 13.3 Å². The Morgan fingerprint density at radius 3 is 2.26 bits per heavy atom. The van der Waals surface area contributed by atoms with Crippen LogP contribution < -0.4 is 18.9 Å². The van der Waals surface area contributed by atoms with Crippen molar-refractivity contribution < 1.29 is 38.4 Å². The lowest BCUT2D eigenvalue weighted by molar-refractivity contribution is -0.140. The molecule has 10 heteroatoms. The lowest BCUT2D eigenvalue weighted by Gasteiger charge is -2.29. The number of Topliss-reactive ketones (excluding diaryl/α,β-unsaturated/α-hetero) is 1. The predicted octanol–water partition coefficient (Wildman–Crippen LogP) is 4.34. The van der Waals surface area contributed by atoms with Gasteiger partial charge in [0.2, 0.25) is 5.75 Å². The normalized spacial score (nSPS) is 18.8. The van der Waals surface area contributed by atoms with E-state index in [-0.39, 0.29) is 11.3 Å². The van der Waals surface area contributed by atoms with Gasteiger partial charge in [-0.05, 0) is 61.2 Å². The van der Waals surface area contributed by atoms with Crippen molar-refractivity contribution in [2.75, 3.05) is 67.3 Å². The molecular weight excluding hydrogens is 540 g/mol. The molecule has 10 nitrogen and oxygen atoms in total. The number of hydrogen-bond acceptors (Lipinski definition) is 9. The van der Waals surface area contributed by atoms with Crippen LogP contribution in [0.4, 0.5) is 0 Å². The number of likely N-dealkylation sites (tertiary alicyclic amines) is 1. The van der Waals surface area contributed by atoms with Gasteiger partial charge in [0.15, 0.2) is 11.5 Å². The molecule has 2 aliphatic heterocycles. The summed E-state index contributed by atoms with van der Waals surface area (Å²) in [5.74, 6) is 0.214. The van der Waals surface area contributed by atoms with Crippen LogP contribution >= 0.6 is 0 Å². The van der Waals surface area contributed by atoms with E-state index in [4.69, 9.17) is 23.7 Å². The lowest BCUT2D eigenvalue weighted by Crippen LogP contribution is -2.39. The average molecular weight is 583 g/mol. The van der Waals surface area contributed by atoms with Crippen LogP contribution in [0.15, 0.2) is 35.9 Å². The third kappa shape index (κ3) is 6.65. The summed E-state index contributed by atoms with van der Waals surface area (Å²) in [6.07, 6.45) is 2.60. The van der Waals surface area contributed by atoms with Gasteiger partial charge in [-0.2, -0.15) is 0 Å². The second-order valence-electron chi connectivity index (χ2n) is 10.4. The molecule has 2 aromatic carbocycles. The van der Waals surface area contributed by atoms with Crippen LogP contribution in [0.2, 0.25) is 0 Å². The van der Waals surface area contributed by atoms with Crippen LogP contribution in [0.3, 0.4) is 0 Å². The predicted molar refractivity (Wildman–Crippen MR) is 159 cm³/mol. The Labute approximate surface area is 247 Å². The third-order valence-corrected chi connectivity index (χ3v) is 7.74. The van der Waals surface area contributed by atoms with Crippen molar-refractivity contribution in [3.63, 3.8) is 0 Å². The number of amides is 1. The van der Waals surface area contributed by atoms with Crippen LogP contribution in [0.5, 0.6) is 23.0 Å². The zero-order valence-corrected chi connectivity index (χ0v) is 25.2. The number of benzene rings is 2. The van der Waals surface area contributed by atoms with Crippen molar-refractivity contribution in [1.82, 2.24) is 9.80 Å². The molecule has 2 heterocycles. The standard InChI is InChI=1S/C32H42N2O8/c1-6-7-15-42-23-9-10-24(21(2)18-23)29(35)27-28(22-19-25(38-3)31(40-5)26(20-22)39-4)34(32(37)30(27)36)12-8-11-33-13-16-41-17-14-33/h9-10,18-20,28,35H,6-8,11-17H2,1-5H3/t28-/m0/s1. The molecule has 0 unspecified atom stereocenters. The number of nitrogens with zero attached hydrogens (tertiary/aromatic N) is 2. The van der Waals surface area contributed by atoms with E-state index < -0.39 is 17.7 Å². The summed E-state index contributed by atoms with van der Waals surface area (Å²) >= 11 is 0. The maximum Gasteiger partial charge on any atom is 0.295 e. The summed E-state index contributed by atoms with van der Waals surface area (Å²) < 4.78 is 27.9. The minimum Gasteiger partial charge on any atom is -0.507 e. The Morgan fingerprint density at radius 1 is 0.976 bits per heavy atom. The van der Waals surface area contributed by atoms with Crippen LogP contribution in [0.1, 0.15) is 48.9 Å². The molecule has 0 bridgehead atoms. The number of unbranched alkanes of at least 4 members (excludes halogenated alkanes) is 1. The molecular formula is C32H42N2O8. The number of aliphatic hydroxyl groups is 1. The van der Waals surface area contributed by atoms with Gasteiger partial charge < -0.3 is 33.7 Å². The van der Waals surface area contributed by atoms with E-state index in [1.54, 1.807) is 24.3 Å². The van der Waals surface area contributed by atoms with Crippen molar-refractivity contribution in [2.45, 2.75) is 39.2 Å². The number of hydrogen-bond donors (Lipinski definition) is 1. The fraction of sp³-hybridized carbons (Fsp3) is 0.500.